The second-order valence-electron chi connectivity index (χ2n) is 8.33. The van der Waals surface area contributed by atoms with E-state index < -0.39 is 0 Å². The second-order valence-corrected chi connectivity index (χ2v) is 8.33. The molecule has 26 heavy (non-hydrogen) atoms. The molecule has 1 aliphatic rings. The summed E-state index contributed by atoms with van der Waals surface area (Å²) in [6.45, 7) is 7.70. The van der Waals surface area contributed by atoms with Crippen LogP contribution in [0.4, 0.5) is 0 Å². The van der Waals surface area contributed by atoms with Crippen LogP contribution in [0.3, 0.4) is 0 Å². The fourth-order valence-electron chi connectivity index (χ4n) is 3.52. The Balaban J connectivity index is 1.78. The van der Waals surface area contributed by atoms with Gasteiger partial charge in [-0.1, -0.05) is 39.0 Å². The number of amides is 1. The molecule has 1 amide bonds. The lowest BCUT2D eigenvalue weighted by Gasteiger charge is -2.33. The number of likely N-dealkylation sites (tertiary alicyclic amines) is 1. The molecular formula is C20H28N4O2. The Morgan fingerprint density at radius 3 is 2.35 bits per heavy atom. The van der Waals surface area contributed by atoms with Gasteiger partial charge >= 0.3 is 5.69 Å². The van der Waals surface area contributed by atoms with E-state index >= 15 is 0 Å². The van der Waals surface area contributed by atoms with Crippen LogP contribution in [0.25, 0.3) is 5.69 Å². The summed E-state index contributed by atoms with van der Waals surface area (Å²) in [5, 5.41) is 4.50. The van der Waals surface area contributed by atoms with Crippen molar-refractivity contribution in [2.75, 3.05) is 13.1 Å². The van der Waals surface area contributed by atoms with Crippen LogP contribution in [0.15, 0.2) is 35.1 Å². The number of hydrogen-bond donors (Lipinski definition) is 0. The third-order valence-electron chi connectivity index (χ3n) is 4.86. The van der Waals surface area contributed by atoms with E-state index in [0.717, 1.165) is 37.4 Å². The highest BCUT2D eigenvalue weighted by Gasteiger charge is 2.30. The number of piperidine rings is 1. The largest absolute Gasteiger partial charge is 0.350 e. The first-order valence-corrected chi connectivity index (χ1v) is 9.25. The summed E-state index contributed by atoms with van der Waals surface area (Å²) in [6.07, 6.45) is 2.23. The molecule has 1 saturated heterocycles. The summed E-state index contributed by atoms with van der Waals surface area (Å²) < 4.78 is 3.11. The van der Waals surface area contributed by atoms with Crippen LogP contribution in [0.5, 0.6) is 0 Å². The van der Waals surface area contributed by atoms with Crippen LogP contribution in [0.1, 0.15) is 51.8 Å². The first kappa shape index (κ1) is 18.4. The minimum absolute atomic E-state index is 0.00269. The van der Waals surface area contributed by atoms with E-state index in [1.807, 2.05) is 35.2 Å². The maximum atomic E-state index is 12.6. The molecule has 6 heteroatoms. The fraction of sp³-hybridized carbons (Fsp3) is 0.550. The topological polar surface area (TPSA) is 60.1 Å². The standard InChI is InChI=1S/C20H28N4O2/c1-20(2,3)14-17(25)23-12-10-15(11-13-23)18-21-22(4)19(26)24(18)16-8-6-5-7-9-16/h5-9,15H,10-14H2,1-4H3. The van der Waals surface area contributed by atoms with Gasteiger partial charge in [0, 0.05) is 32.5 Å². The third-order valence-corrected chi connectivity index (χ3v) is 4.86. The normalized spacial score (nSPS) is 16.1. The summed E-state index contributed by atoms with van der Waals surface area (Å²) in [6, 6.07) is 9.63. The fourth-order valence-corrected chi connectivity index (χ4v) is 3.52. The van der Waals surface area contributed by atoms with E-state index in [2.05, 4.69) is 25.9 Å². The van der Waals surface area contributed by atoms with Gasteiger partial charge in [0.25, 0.3) is 0 Å². The third kappa shape index (κ3) is 3.89. The molecule has 1 aromatic heterocycles. The molecule has 0 unspecified atom stereocenters. The van der Waals surface area contributed by atoms with Crippen LogP contribution in [0, 0.1) is 5.41 Å². The smallest absolute Gasteiger partial charge is 0.343 e. The van der Waals surface area contributed by atoms with Gasteiger partial charge in [-0.25, -0.2) is 14.0 Å². The van der Waals surface area contributed by atoms with Gasteiger partial charge in [0.15, 0.2) is 0 Å². The van der Waals surface area contributed by atoms with Gasteiger partial charge in [-0.2, -0.15) is 5.10 Å². The van der Waals surface area contributed by atoms with Gasteiger partial charge in [-0.15, -0.1) is 0 Å². The molecule has 140 valence electrons. The van der Waals surface area contributed by atoms with E-state index in [-0.39, 0.29) is 22.9 Å². The molecule has 2 heterocycles. The molecule has 0 saturated carbocycles. The average Bonchev–Trinajstić information content (AvgIpc) is 2.89. The number of aryl methyl sites for hydroxylation is 1. The van der Waals surface area contributed by atoms with Crippen molar-refractivity contribution >= 4 is 5.91 Å². The van der Waals surface area contributed by atoms with Crippen molar-refractivity contribution < 1.29 is 4.79 Å². The maximum Gasteiger partial charge on any atom is 0.350 e. The van der Waals surface area contributed by atoms with Gasteiger partial charge in [0.05, 0.1) is 5.69 Å². The zero-order valence-corrected chi connectivity index (χ0v) is 16.1. The molecule has 1 aromatic carbocycles. The Labute approximate surface area is 154 Å². The van der Waals surface area contributed by atoms with E-state index in [1.165, 1.54) is 4.68 Å². The minimum Gasteiger partial charge on any atom is -0.343 e. The van der Waals surface area contributed by atoms with Crippen molar-refractivity contribution in [2.45, 2.75) is 46.0 Å². The Bertz CT molecular complexity index is 822. The predicted molar refractivity (Wildman–Crippen MR) is 101 cm³/mol. The summed E-state index contributed by atoms with van der Waals surface area (Å²) in [7, 11) is 1.69. The number of aromatic nitrogens is 3. The minimum atomic E-state index is -0.127. The van der Waals surface area contributed by atoms with Crippen molar-refractivity contribution in [3.63, 3.8) is 0 Å². The number of carbonyl (C=O) groups excluding carboxylic acids is 1. The van der Waals surface area contributed by atoms with Crippen LogP contribution in [0.2, 0.25) is 0 Å². The molecule has 0 aliphatic carbocycles. The monoisotopic (exact) mass is 356 g/mol. The van der Waals surface area contributed by atoms with Gasteiger partial charge in [-0.05, 0) is 30.4 Å². The first-order chi connectivity index (χ1) is 12.3. The Morgan fingerprint density at radius 1 is 1.15 bits per heavy atom. The lowest BCUT2D eigenvalue weighted by atomic mass is 9.90. The predicted octanol–water partition coefficient (Wildman–Crippen LogP) is 2.71. The SMILES string of the molecule is Cn1nc(C2CCN(C(=O)CC(C)(C)C)CC2)n(-c2ccccc2)c1=O. The summed E-state index contributed by atoms with van der Waals surface area (Å²) in [5.74, 6) is 1.20. The van der Waals surface area contributed by atoms with E-state index in [4.69, 9.17) is 0 Å². The summed E-state index contributed by atoms with van der Waals surface area (Å²) in [4.78, 5) is 27.0. The molecule has 3 rings (SSSR count). The second kappa shape index (κ2) is 7.09. The molecule has 1 fully saturated rings. The first-order valence-electron chi connectivity index (χ1n) is 9.25. The highest BCUT2D eigenvalue weighted by atomic mass is 16.2. The van der Waals surface area contributed by atoms with Crippen LogP contribution in [-0.4, -0.2) is 38.2 Å². The number of hydrogen-bond acceptors (Lipinski definition) is 3. The maximum absolute atomic E-state index is 12.6. The highest BCUT2D eigenvalue weighted by molar-refractivity contribution is 5.76. The van der Waals surface area contributed by atoms with Crippen LogP contribution >= 0.6 is 0 Å². The molecule has 1 aliphatic heterocycles. The lowest BCUT2D eigenvalue weighted by Crippen LogP contribution is -2.40. The van der Waals surface area contributed by atoms with E-state index in [0.29, 0.717) is 6.42 Å². The van der Waals surface area contributed by atoms with Gasteiger partial charge in [0.1, 0.15) is 5.82 Å². The van der Waals surface area contributed by atoms with Crippen molar-refractivity contribution in [1.29, 1.82) is 0 Å². The van der Waals surface area contributed by atoms with Crippen molar-refractivity contribution in [2.24, 2.45) is 12.5 Å². The lowest BCUT2D eigenvalue weighted by molar-refractivity contribution is -0.134. The number of carbonyl (C=O) groups is 1. The molecular weight excluding hydrogens is 328 g/mol. The van der Waals surface area contributed by atoms with Gasteiger partial charge < -0.3 is 4.90 Å². The Kier molecular flexibility index (Phi) is 5.03. The quantitative estimate of drug-likeness (QED) is 0.849. The Morgan fingerprint density at radius 2 is 1.77 bits per heavy atom. The molecule has 0 atom stereocenters. The zero-order chi connectivity index (χ0) is 18.9. The summed E-state index contributed by atoms with van der Waals surface area (Å²) >= 11 is 0. The number of benzene rings is 1. The summed E-state index contributed by atoms with van der Waals surface area (Å²) in [5.41, 5.74) is 0.715. The van der Waals surface area contributed by atoms with Crippen molar-refractivity contribution in [3.05, 3.63) is 46.6 Å². The number of nitrogens with zero attached hydrogens (tertiary/aromatic N) is 4. The highest BCUT2D eigenvalue weighted by Crippen LogP contribution is 2.29. The Hall–Kier alpha value is -2.37. The van der Waals surface area contributed by atoms with E-state index in [9.17, 15) is 9.59 Å². The van der Waals surface area contributed by atoms with Gasteiger partial charge in [0.2, 0.25) is 5.91 Å². The molecule has 0 radical (unpaired) electrons. The number of para-hydroxylation sites is 1. The van der Waals surface area contributed by atoms with Crippen molar-refractivity contribution in [3.8, 4) is 5.69 Å². The van der Waals surface area contributed by atoms with Crippen LogP contribution in [-0.2, 0) is 11.8 Å². The van der Waals surface area contributed by atoms with E-state index in [1.54, 1.807) is 11.6 Å². The van der Waals surface area contributed by atoms with Gasteiger partial charge in [-0.3, -0.25) is 4.79 Å². The number of rotatable bonds is 3. The van der Waals surface area contributed by atoms with Crippen LogP contribution < -0.4 is 5.69 Å². The molecule has 2 aromatic rings. The molecule has 0 N–H and O–H groups in total. The molecule has 6 nitrogen and oxygen atoms in total. The molecule has 0 bridgehead atoms. The van der Waals surface area contributed by atoms with Crippen molar-refractivity contribution in [1.82, 2.24) is 19.2 Å². The zero-order valence-electron chi connectivity index (χ0n) is 16.1. The molecule has 0 spiro atoms. The average molecular weight is 356 g/mol.